The maximum atomic E-state index is 11.9. The van der Waals surface area contributed by atoms with Gasteiger partial charge in [-0.2, -0.15) is 0 Å². The standard InChI is InChI=1S/C21H31NO/c1-22(2)16-20-14-13-19(15-17-9-5-3-6-10-17)21(20,23)18-11-7-4-8-12-18/h3,5-6,9-10,15,18,20,23H,4,7-8,11-14,16H2,1-2H3/b19-15-. The van der Waals surface area contributed by atoms with Gasteiger partial charge in [-0.15, -0.1) is 0 Å². The van der Waals surface area contributed by atoms with E-state index in [-0.39, 0.29) is 0 Å². The van der Waals surface area contributed by atoms with Gasteiger partial charge in [-0.05, 0) is 56.8 Å². The second kappa shape index (κ2) is 7.19. The summed E-state index contributed by atoms with van der Waals surface area (Å²) in [6.07, 6.45) is 10.7. The van der Waals surface area contributed by atoms with Crippen molar-refractivity contribution in [3.8, 4) is 0 Å². The molecule has 2 nitrogen and oxygen atoms in total. The molecule has 1 N–H and O–H groups in total. The van der Waals surface area contributed by atoms with Crippen molar-refractivity contribution >= 4 is 6.08 Å². The lowest BCUT2D eigenvalue weighted by Gasteiger charge is -2.42. The summed E-state index contributed by atoms with van der Waals surface area (Å²) < 4.78 is 0. The highest BCUT2D eigenvalue weighted by molar-refractivity contribution is 5.56. The van der Waals surface area contributed by atoms with Crippen LogP contribution in [0, 0.1) is 11.8 Å². The zero-order chi connectivity index (χ0) is 16.3. The van der Waals surface area contributed by atoms with Crippen LogP contribution in [0.2, 0.25) is 0 Å². The van der Waals surface area contributed by atoms with E-state index in [1.807, 2.05) is 0 Å². The predicted octanol–water partition coefficient (Wildman–Crippen LogP) is 4.35. The molecule has 1 aromatic carbocycles. The van der Waals surface area contributed by atoms with Crippen LogP contribution in [-0.2, 0) is 0 Å². The molecule has 3 rings (SSSR count). The first-order chi connectivity index (χ1) is 11.1. The maximum Gasteiger partial charge on any atom is 0.0928 e. The van der Waals surface area contributed by atoms with E-state index >= 15 is 0 Å². The Labute approximate surface area is 141 Å². The van der Waals surface area contributed by atoms with Gasteiger partial charge in [-0.3, -0.25) is 0 Å². The van der Waals surface area contributed by atoms with E-state index in [2.05, 4.69) is 55.4 Å². The van der Waals surface area contributed by atoms with Gasteiger partial charge in [0.25, 0.3) is 0 Å². The molecule has 126 valence electrons. The van der Waals surface area contributed by atoms with Gasteiger partial charge >= 0.3 is 0 Å². The van der Waals surface area contributed by atoms with Gasteiger partial charge in [-0.1, -0.05) is 55.7 Å². The van der Waals surface area contributed by atoms with Crippen molar-refractivity contribution in [1.29, 1.82) is 0 Å². The fourth-order valence-electron chi connectivity index (χ4n) is 4.76. The van der Waals surface area contributed by atoms with Gasteiger partial charge < -0.3 is 10.0 Å². The van der Waals surface area contributed by atoms with Gasteiger partial charge in [0, 0.05) is 12.5 Å². The van der Waals surface area contributed by atoms with Crippen LogP contribution < -0.4 is 0 Å². The Hall–Kier alpha value is -1.12. The predicted molar refractivity (Wildman–Crippen MR) is 97.2 cm³/mol. The summed E-state index contributed by atoms with van der Waals surface area (Å²) in [7, 11) is 4.25. The molecule has 1 aromatic rings. The quantitative estimate of drug-likeness (QED) is 0.893. The highest BCUT2D eigenvalue weighted by Gasteiger charge is 2.50. The number of rotatable bonds is 4. The second-order valence-corrected chi connectivity index (χ2v) is 7.74. The molecule has 23 heavy (non-hydrogen) atoms. The van der Waals surface area contributed by atoms with Gasteiger partial charge in [0.15, 0.2) is 0 Å². The fraction of sp³-hybridized carbons (Fsp3) is 0.619. The largest absolute Gasteiger partial charge is 0.385 e. The monoisotopic (exact) mass is 313 g/mol. The number of hydrogen-bond acceptors (Lipinski definition) is 2. The molecule has 2 fully saturated rings. The van der Waals surface area contributed by atoms with E-state index in [9.17, 15) is 5.11 Å². The number of benzene rings is 1. The molecule has 0 radical (unpaired) electrons. The molecule has 0 bridgehead atoms. The molecule has 2 aliphatic rings. The molecular formula is C21H31NO. The molecule has 2 unspecified atom stereocenters. The molecule has 2 atom stereocenters. The van der Waals surface area contributed by atoms with Crippen molar-refractivity contribution in [3.63, 3.8) is 0 Å². The fourth-order valence-corrected chi connectivity index (χ4v) is 4.76. The maximum absolute atomic E-state index is 11.9. The lowest BCUT2D eigenvalue weighted by molar-refractivity contribution is -0.0399. The molecule has 2 heteroatoms. The van der Waals surface area contributed by atoms with E-state index in [4.69, 9.17) is 0 Å². The molecule has 0 saturated heterocycles. The molecule has 0 heterocycles. The Morgan fingerprint density at radius 1 is 1.09 bits per heavy atom. The Kier molecular flexibility index (Phi) is 5.23. The van der Waals surface area contributed by atoms with Gasteiger partial charge in [-0.25, -0.2) is 0 Å². The third-order valence-corrected chi connectivity index (χ3v) is 5.85. The van der Waals surface area contributed by atoms with Gasteiger partial charge in [0.05, 0.1) is 5.60 Å². The Bertz CT molecular complexity index is 530. The SMILES string of the molecule is CN(C)CC1CC/C(=C/c2ccccc2)C1(O)C1CCCCC1. The summed E-state index contributed by atoms with van der Waals surface area (Å²) >= 11 is 0. The molecule has 2 saturated carbocycles. The van der Waals surface area contributed by atoms with E-state index in [0.29, 0.717) is 11.8 Å². The minimum Gasteiger partial charge on any atom is -0.385 e. The summed E-state index contributed by atoms with van der Waals surface area (Å²) in [4.78, 5) is 2.24. The first kappa shape index (κ1) is 16.7. The molecule has 0 spiro atoms. The van der Waals surface area contributed by atoms with Crippen molar-refractivity contribution in [2.75, 3.05) is 20.6 Å². The van der Waals surface area contributed by atoms with E-state index in [1.54, 1.807) is 0 Å². The van der Waals surface area contributed by atoms with Gasteiger partial charge in [0.2, 0.25) is 0 Å². The molecule has 0 aromatic heterocycles. The van der Waals surface area contributed by atoms with Crippen LogP contribution in [0.15, 0.2) is 35.9 Å². The zero-order valence-electron chi connectivity index (χ0n) is 14.7. The zero-order valence-corrected chi connectivity index (χ0v) is 14.7. The Morgan fingerprint density at radius 2 is 1.78 bits per heavy atom. The van der Waals surface area contributed by atoms with Gasteiger partial charge in [0.1, 0.15) is 0 Å². The van der Waals surface area contributed by atoms with Crippen LogP contribution >= 0.6 is 0 Å². The second-order valence-electron chi connectivity index (χ2n) is 7.74. The Morgan fingerprint density at radius 3 is 2.43 bits per heavy atom. The lowest BCUT2D eigenvalue weighted by atomic mass is 9.70. The van der Waals surface area contributed by atoms with E-state index in [1.165, 1.54) is 43.2 Å². The van der Waals surface area contributed by atoms with Crippen molar-refractivity contribution < 1.29 is 5.11 Å². The van der Waals surface area contributed by atoms with E-state index in [0.717, 1.165) is 19.4 Å². The normalized spacial score (nSPS) is 31.1. The van der Waals surface area contributed by atoms with Crippen LogP contribution in [0.1, 0.15) is 50.5 Å². The highest BCUT2D eigenvalue weighted by atomic mass is 16.3. The Balaban J connectivity index is 1.92. The summed E-state index contributed by atoms with van der Waals surface area (Å²) in [6, 6.07) is 10.5. The summed E-state index contributed by atoms with van der Waals surface area (Å²) in [5.41, 5.74) is 1.91. The number of hydrogen-bond donors (Lipinski definition) is 1. The van der Waals surface area contributed by atoms with E-state index < -0.39 is 5.60 Å². The first-order valence-electron chi connectivity index (χ1n) is 9.24. The molecule has 0 aliphatic heterocycles. The molecular weight excluding hydrogens is 282 g/mol. The average Bonchev–Trinajstić information content (AvgIpc) is 2.87. The van der Waals surface area contributed by atoms with Crippen LogP contribution in [0.25, 0.3) is 6.08 Å². The molecule has 2 aliphatic carbocycles. The summed E-state index contributed by atoms with van der Waals surface area (Å²) in [6.45, 7) is 0.985. The van der Waals surface area contributed by atoms with Crippen LogP contribution in [-0.4, -0.2) is 36.2 Å². The topological polar surface area (TPSA) is 23.5 Å². The first-order valence-corrected chi connectivity index (χ1v) is 9.24. The van der Waals surface area contributed by atoms with Crippen molar-refractivity contribution in [2.24, 2.45) is 11.8 Å². The summed E-state index contributed by atoms with van der Waals surface area (Å²) in [5.74, 6) is 0.814. The van der Waals surface area contributed by atoms with Crippen LogP contribution in [0.4, 0.5) is 0 Å². The highest BCUT2D eigenvalue weighted by Crippen LogP contribution is 2.50. The lowest BCUT2D eigenvalue weighted by Crippen LogP contribution is -2.47. The van der Waals surface area contributed by atoms with Crippen LogP contribution in [0.5, 0.6) is 0 Å². The minimum absolute atomic E-state index is 0.371. The minimum atomic E-state index is -0.597. The average molecular weight is 313 g/mol. The smallest absolute Gasteiger partial charge is 0.0928 e. The number of nitrogens with zero attached hydrogens (tertiary/aromatic N) is 1. The third kappa shape index (κ3) is 3.54. The van der Waals surface area contributed by atoms with Crippen molar-refractivity contribution in [1.82, 2.24) is 4.90 Å². The van der Waals surface area contributed by atoms with Crippen LogP contribution in [0.3, 0.4) is 0 Å². The summed E-state index contributed by atoms with van der Waals surface area (Å²) in [5, 5.41) is 11.9. The molecule has 0 amide bonds. The van der Waals surface area contributed by atoms with Crippen molar-refractivity contribution in [3.05, 3.63) is 41.5 Å². The third-order valence-electron chi connectivity index (χ3n) is 5.85. The van der Waals surface area contributed by atoms with Crippen molar-refractivity contribution in [2.45, 2.75) is 50.5 Å². The number of aliphatic hydroxyl groups is 1.